The van der Waals surface area contributed by atoms with Crippen LogP contribution in [0.1, 0.15) is 6.92 Å². The van der Waals surface area contributed by atoms with E-state index in [4.69, 9.17) is 0 Å². The third kappa shape index (κ3) is 6.91. The zero-order chi connectivity index (χ0) is 15.5. The second kappa shape index (κ2) is 12.6. The highest BCUT2D eigenvalue weighted by Gasteiger charge is 2.25. The van der Waals surface area contributed by atoms with Crippen molar-refractivity contribution in [3.8, 4) is 0 Å². The highest BCUT2D eigenvalue weighted by molar-refractivity contribution is 8.70. The van der Waals surface area contributed by atoms with Crippen LogP contribution in [0.5, 0.6) is 0 Å². The fourth-order valence-corrected chi connectivity index (χ4v) is 3.52. The van der Waals surface area contributed by atoms with Crippen LogP contribution in [-0.2, 0) is 9.59 Å². The van der Waals surface area contributed by atoms with Crippen molar-refractivity contribution in [3.05, 3.63) is 11.0 Å². The van der Waals surface area contributed by atoms with Gasteiger partial charge in [0.1, 0.15) is 6.29 Å². The lowest BCUT2D eigenvalue weighted by atomic mass is 10.2. The minimum Gasteiger partial charge on any atom is -0.302 e. The van der Waals surface area contributed by atoms with E-state index in [1.807, 2.05) is 0 Å². The van der Waals surface area contributed by atoms with Crippen molar-refractivity contribution in [2.75, 3.05) is 17.4 Å². The second-order valence-corrected chi connectivity index (χ2v) is 6.78. The number of nitrogens with one attached hydrogen (secondary N) is 1. The lowest BCUT2D eigenvalue weighted by molar-refractivity contribution is -0.119. The molecule has 116 valence electrons. The molecule has 0 unspecified atom stereocenters. The summed E-state index contributed by atoms with van der Waals surface area (Å²) in [6, 6.07) is -0.974. The average molecular weight is 391 g/mol. The lowest BCUT2D eigenvalue weighted by Crippen LogP contribution is -2.54. The van der Waals surface area contributed by atoms with Crippen LogP contribution in [0.2, 0.25) is 0 Å². The molecule has 0 radical (unpaired) electrons. The summed E-state index contributed by atoms with van der Waals surface area (Å²) in [6.07, 6.45) is 2.49. The smallest absolute Gasteiger partial charge is 0.188 e. The van der Waals surface area contributed by atoms with Gasteiger partial charge in [-0.1, -0.05) is 27.7 Å². The molecular weight excluding hydrogens is 373 g/mol. The van der Waals surface area contributed by atoms with Crippen molar-refractivity contribution in [1.29, 1.82) is 0 Å². The number of thiol groups is 4. The van der Waals surface area contributed by atoms with Crippen molar-refractivity contribution in [1.82, 2.24) is 10.4 Å². The monoisotopic (exact) mass is 390 g/mol. The van der Waals surface area contributed by atoms with Crippen molar-refractivity contribution in [2.45, 2.75) is 19.0 Å². The molecule has 0 aliphatic heterocycles. The third-order valence-electron chi connectivity index (χ3n) is 2.37. The summed E-state index contributed by atoms with van der Waals surface area (Å²) < 4.78 is 0. The number of hydrazine groups is 1. The van der Waals surface area contributed by atoms with Gasteiger partial charge >= 0.3 is 0 Å². The number of rotatable bonds is 11. The normalized spacial score (nSPS) is 15.2. The van der Waals surface area contributed by atoms with E-state index in [1.165, 1.54) is 10.8 Å². The molecule has 0 fully saturated rings. The summed E-state index contributed by atoms with van der Waals surface area (Å²) in [7, 11) is 2.34. The van der Waals surface area contributed by atoms with E-state index in [1.54, 1.807) is 18.0 Å². The fraction of sp³-hybridized carbons (Fsp3) is 0.600. The maximum Gasteiger partial charge on any atom is 0.188 e. The lowest BCUT2D eigenvalue weighted by Gasteiger charge is -2.30. The Bertz CT molecular complexity index is 342. The topological polar surface area (TPSA) is 49.4 Å². The van der Waals surface area contributed by atoms with Crippen LogP contribution in [0, 0.1) is 0 Å². The first kappa shape index (κ1) is 21.1. The van der Waals surface area contributed by atoms with Crippen LogP contribution in [-0.4, -0.2) is 46.5 Å². The highest BCUT2D eigenvalue weighted by atomic mass is 33.1. The minimum absolute atomic E-state index is 0.111. The van der Waals surface area contributed by atoms with Crippen LogP contribution in [0.25, 0.3) is 0 Å². The SMILES string of the molecule is C/C=C(\SS)C(=O)[C@H](CS)NN(CSS)[C@H](C=O)CS. The molecule has 20 heavy (non-hydrogen) atoms. The zero-order valence-corrected chi connectivity index (χ0v) is 16.0. The molecule has 0 saturated carbocycles. The first-order valence-corrected chi connectivity index (χ1v) is 10.7. The van der Waals surface area contributed by atoms with Crippen molar-refractivity contribution in [3.63, 3.8) is 0 Å². The zero-order valence-electron chi connectivity index (χ0n) is 10.8. The summed E-state index contributed by atoms with van der Waals surface area (Å²) in [4.78, 5) is 23.8. The van der Waals surface area contributed by atoms with Crippen LogP contribution in [0.15, 0.2) is 11.0 Å². The van der Waals surface area contributed by atoms with Gasteiger partial charge in [0.15, 0.2) is 5.78 Å². The average Bonchev–Trinajstić information content (AvgIpc) is 2.46. The maximum absolute atomic E-state index is 12.3. The number of aldehydes is 1. The second-order valence-electron chi connectivity index (χ2n) is 3.59. The predicted molar refractivity (Wildman–Crippen MR) is 103 cm³/mol. The van der Waals surface area contributed by atoms with Crippen LogP contribution in [0.3, 0.4) is 0 Å². The van der Waals surface area contributed by atoms with Gasteiger partial charge < -0.3 is 4.79 Å². The van der Waals surface area contributed by atoms with Gasteiger partial charge in [-0.05, 0) is 6.92 Å². The molecule has 0 aliphatic rings. The first-order valence-electron chi connectivity index (χ1n) is 5.57. The molecule has 0 bridgehead atoms. The fourth-order valence-electron chi connectivity index (χ4n) is 1.30. The largest absolute Gasteiger partial charge is 0.302 e. The number of carbonyl (C=O) groups is 2. The molecule has 0 spiro atoms. The maximum atomic E-state index is 12.3. The van der Waals surface area contributed by atoms with Gasteiger partial charge in [-0.15, -0.1) is 23.3 Å². The number of Topliss-reactive ketones (excluding diaryl/α,β-unsaturated/α-hetero) is 1. The minimum atomic E-state index is -0.535. The van der Waals surface area contributed by atoms with Gasteiger partial charge in [0.2, 0.25) is 0 Å². The molecule has 4 nitrogen and oxygen atoms in total. The number of hydrogen-bond donors (Lipinski definition) is 5. The standard InChI is InChI=1S/C10H18N2O2S6/c1-2-9(20-18)10(14)8(5-16)11-12(6-19-17)7(3-13)4-15/h2-3,7-8,11,15-18H,4-6H2,1H3/b9-2-/t7-,8+/m1/s1. The van der Waals surface area contributed by atoms with Crippen molar-refractivity contribution >= 4 is 82.2 Å². The van der Waals surface area contributed by atoms with Gasteiger partial charge in [-0.25, -0.2) is 10.4 Å². The van der Waals surface area contributed by atoms with Crippen molar-refractivity contribution < 1.29 is 9.59 Å². The first-order chi connectivity index (χ1) is 9.59. The molecule has 0 heterocycles. The van der Waals surface area contributed by atoms with Crippen molar-refractivity contribution in [2.24, 2.45) is 0 Å². The third-order valence-corrected chi connectivity index (χ3v) is 5.07. The summed E-state index contributed by atoms with van der Waals surface area (Å²) in [5.74, 6) is 0.969. The summed E-state index contributed by atoms with van der Waals surface area (Å²) in [6.45, 7) is 1.77. The molecule has 1 N–H and O–H groups in total. The molecule has 0 aromatic carbocycles. The summed E-state index contributed by atoms with van der Waals surface area (Å²) >= 11 is 16.5. The van der Waals surface area contributed by atoms with E-state index < -0.39 is 12.1 Å². The van der Waals surface area contributed by atoms with Crippen LogP contribution in [0.4, 0.5) is 0 Å². The number of hydrogen-bond acceptors (Lipinski definition) is 10. The molecule has 10 heteroatoms. The molecule has 0 rings (SSSR count). The predicted octanol–water partition coefficient (Wildman–Crippen LogP) is 2.18. The van der Waals surface area contributed by atoms with Gasteiger partial charge in [-0.3, -0.25) is 4.79 Å². The van der Waals surface area contributed by atoms with E-state index >= 15 is 0 Å². The van der Waals surface area contributed by atoms with E-state index in [0.29, 0.717) is 22.3 Å². The molecule has 0 aliphatic carbocycles. The Morgan fingerprint density at radius 1 is 1.35 bits per heavy atom. The summed E-state index contributed by atoms with van der Waals surface area (Å²) in [5.41, 5.74) is 3.02. The quantitative estimate of drug-likeness (QED) is 0.0931. The molecule has 0 amide bonds. The molecule has 0 saturated heterocycles. The Morgan fingerprint density at radius 3 is 2.35 bits per heavy atom. The van der Waals surface area contributed by atoms with E-state index in [2.05, 4.69) is 54.0 Å². The Morgan fingerprint density at radius 2 is 2.00 bits per heavy atom. The van der Waals surface area contributed by atoms with Crippen LogP contribution >= 0.6 is 70.2 Å². The number of ketones is 1. The van der Waals surface area contributed by atoms with E-state index in [0.717, 1.165) is 17.1 Å². The van der Waals surface area contributed by atoms with Gasteiger partial charge in [0.05, 0.1) is 22.9 Å². The highest BCUT2D eigenvalue weighted by Crippen LogP contribution is 2.22. The Balaban J connectivity index is 4.96. The number of nitrogens with zero attached hydrogens (tertiary/aromatic N) is 1. The van der Waals surface area contributed by atoms with Gasteiger partial charge in [0.25, 0.3) is 0 Å². The van der Waals surface area contributed by atoms with E-state index in [-0.39, 0.29) is 5.78 Å². The Kier molecular flexibility index (Phi) is 13.3. The Hall–Kier alpha value is 1.10. The molecule has 2 atom stereocenters. The Labute approximate surface area is 149 Å². The van der Waals surface area contributed by atoms with E-state index in [9.17, 15) is 9.59 Å². The number of carbonyl (C=O) groups excluding carboxylic acids is 2. The molecule has 0 aromatic rings. The molecular formula is C10H18N2O2S6. The number of allylic oxidation sites excluding steroid dienone is 1. The summed E-state index contributed by atoms with van der Waals surface area (Å²) in [5, 5.41) is 1.65. The van der Waals surface area contributed by atoms with Gasteiger partial charge in [-0.2, -0.15) is 25.3 Å². The van der Waals surface area contributed by atoms with Gasteiger partial charge in [0, 0.05) is 11.5 Å². The molecule has 0 aromatic heterocycles. The van der Waals surface area contributed by atoms with Crippen LogP contribution < -0.4 is 5.43 Å².